The van der Waals surface area contributed by atoms with E-state index in [1.165, 1.54) is 25.7 Å². The molecule has 1 heteroatoms. The van der Waals surface area contributed by atoms with Crippen molar-refractivity contribution in [1.82, 2.24) is 0 Å². The Morgan fingerprint density at radius 2 is 1.64 bits per heavy atom. The summed E-state index contributed by atoms with van der Waals surface area (Å²) in [5, 5.41) is 0. The third-order valence-electron chi connectivity index (χ3n) is 1.71. The summed E-state index contributed by atoms with van der Waals surface area (Å²) in [7, 11) is 0. The van der Waals surface area contributed by atoms with Crippen molar-refractivity contribution in [2.45, 2.75) is 39.0 Å². The largest absolute Gasteiger partial charge is 0.343 e. The number of benzene rings is 1. The minimum absolute atomic E-state index is 0. The van der Waals surface area contributed by atoms with Gasteiger partial charge in [0.25, 0.3) is 0 Å². The fraction of sp³-hybridized carbons (Fsp3) is 0.462. The molecule has 0 atom stereocenters. The van der Waals surface area contributed by atoms with Crippen molar-refractivity contribution in [3.63, 3.8) is 0 Å². The minimum atomic E-state index is 0. The average molecular weight is 265 g/mol. The molecule has 0 fully saturated rings. The van der Waals surface area contributed by atoms with Crippen LogP contribution in [0.5, 0.6) is 0 Å². The second-order valence-electron chi connectivity index (χ2n) is 2.99. The van der Waals surface area contributed by atoms with Crippen molar-refractivity contribution < 1.29 is 32.7 Å². The van der Waals surface area contributed by atoms with Gasteiger partial charge in [0.15, 0.2) is 0 Å². The molecule has 1 aromatic carbocycles. The van der Waals surface area contributed by atoms with Crippen LogP contribution in [0.3, 0.4) is 0 Å². The molecule has 0 amide bonds. The molecule has 77 valence electrons. The molecule has 1 rings (SSSR count). The molecule has 0 saturated carbocycles. The Balaban J connectivity index is 0. The number of unbranched alkanes of at least 4 members (excludes halogenated alkanes) is 4. The van der Waals surface area contributed by atoms with Crippen LogP contribution in [-0.2, 0) is 32.7 Å². The average Bonchev–Trinajstić information content (AvgIpc) is 2.22. The van der Waals surface area contributed by atoms with Crippen LogP contribution in [0.1, 0.15) is 39.0 Å². The first kappa shape index (κ1) is 16.7. The third-order valence-corrected chi connectivity index (χ3v) is 1.71. The van der Waals surface area contributed by atoms with Crippen LogP contribution in [-0.4, -0.2) is 0 Å². The fourth-order valence-electron chi connectivity index (χ4n) is 0.945. The van der Waals surface area contributed by atoms with E-state index in [4.69, 9.17) is 0 Å². The van der Waals surface area contributed by atoms with E-state index < -0.39 is 0 Å². The normalized spacial score (nSPS) is 8.14. The van der Waals surface area contributed by atoms with Crippen molar-refractivity contribution in [2.24, 2.45) is 0 Å². The summed E-state index contributed by atoms with van der Waals surface area (Å²) < 4.78 is 0. The molecule has 0 heterocycles. The molecule has 0 aromatic heterocycles. The van der Waals surface area contributed by atoms with Crippen LogP contribution in [0.4, 0.5) is 0 Å². The van der Waals surface area contributed by atoms with Crippen molar-refractivity contribution >= 4 is 0 Å². The van der Waals surface area contributed by atoms with Gasteiger partial charge in [0.2, 0.25) is 0 Å². The third kappa shape index (κ3) is 14.8. The Bertz CT molecular complexity index is 129. The van der Waals surface area contributed by atoms with Crippen molar-refractivity contribution in [2.75, 3.05) is 0 Å². The number of hydrogen-bond donors (Lipinski definition) is 0. The van der Waals surface area contributed by atoms with E-state index >= 15 is 0 Å². The van der Waals surface area contributed by atoms with Crippen molar-refractivity contribution in [3.8, 4) is 0 Å². The standard InChI is InChI=1S/C7H15.C6H5.Y/c1-3-5-7-6-4-2;1-2-4-6-5-3-1;/h1,3-7H2,2H3;1-5H;/q2*-1;. The molecule has 0 aliphatic heterocycles. The molecule has 0 bridgehead atoms. The topological polar surface area (TPSA) is 0 Å². The molecular weight excluding hydrogens is 245 g/mol. The maximum Gasteiger partial charge on any atom is 0 e. The van der Waals surface area contributed by atoms with Gasteiger partial charge in [-0.3, -0.25) is 0 Å². The van der Waals surface area contributed by atoms with Crippen molar-refractivity contribution in [1.29, 1.82) is 0 Å². The van der Waals surface area contributed by atoms with Crippen LogP contribution in [0.25, 0.3) is 0 Å². The summed E-state index contributed by atoms with van der Waals surface area (Å²) >= 11 is 0. The predicted octanol–water partition coefficient (Wildman–Crippen LogP) is 4.28. The van der Waals surface area contributed by atoms with Crippen LogP contribution in [0, 0.1) is 13.0 Å². The Kier molecular flexibility index (Phi) is 18.9. The van der Waals surface area contributed by atoms with Crippen LogP contribution < -0.4 is 0 Å². The van der Waals surface area contributed by atoms with E-state index in [1.807, 2.05) is 30.3 Å². The van der Waals surface area contributed by atoms with E-state index in [0.717, 1.165) is 6.42 Å². The fourth-order valence-corrected chi connectivity index (χ4v) is 0.945. The smallest absolute Gasteiger partial charge is 0 e. The zero-order valence-electron chi connectivity index (χ0n) is 9.21. The van der Waals surface area contributed by atoms with Crippen LogP contribution in [0.15, 0.2) is 30.3 Å². The van der Waals surface area contributed by atoms with Gasteiger partial charge >= 0.3 is 0 Å². The van der Waals surface area contributed by atoms with Crippen molar-refractivity contribution in [3.05, 3.63) is 43.3 Å². The summed E-state index contributed by atoms with van der Waals surface area (Å²) in [6.45, 7) is 5.98. The summed E-state index contributed by atoms with van der Waals surface area (Å²) in [5.74, 6) is 0. The monoisotopic (exact) mass is 265 g/mol. The number of hydrogen-bond acceptors (Lipinski definition) is 0. The first-order valence-corrected chi connectivity index (χ1v) is 5.12. The van der Waals surface area contributed by atoms with Gasteiger partial charge in [-0.2, -0.15) is 42.8 Å². The molecule has 1 aromatic rings. The van der Waals surface area contributed by atoms with Gasteiger partial charge in [0.05, 0.1) is 0 Å². The van der Waals surface area contributed by atoms with Crippen LogP contribution >= 0.6 is 0 Å². The maximum atomic E-state index is 3.76. The SMILES string of the molecule is [CH2-]CCCCCC.[Y].[c-]1ccccc1. The summed E-state index contributed by atoms with van der Waals surface area (Å²) in [5.41, 5.74) is 0. The summed E-state index contributed by atoms with van der Waals surface area (Å²) in [4.78, 5) is 0. The molecule has 1 radical (unpaired) electrons. The van der Waals surface area contributed by atoms with E-state index in [9.17, 15) is 0 Å². The van der Waals surface area contributed by atoms with Gasteiger partial charge in [-0.15, -0.1) is 0 Å². The first-order chi connectivity index (χ1) is 6.41. The molecule has 0 saturated heterocycles. The zero-order chi connectivity index (χ0) is 9.78. The second-order valence-corrected chi connectivity index (χ2v) is 2.99. The molecule has 0 aliphatic carbocycles. The maximum absolute atomic E-state index is 3.76. The van der Waals surface area contributed by atoms with E-state index in [2.05, 4.69) is 19.9 Å². The molecule has 0 spiro atoms. The molecule has 0 N–H and O–H groups in total. The molecule has 0 unspecified atom stereocenters. The molecule has 14 heavy (non-hydrogen) atoms. The van der Waals surface area contributed by atoms with Gasteiger partial charge in [-0.25, -0.2) is 0 Å². The molecule has 0 aliphatic rings. The first-order valence-electron chi connectivity index (χ1n) is 5.12. The van der Waals surface area contributed by atoms with Gasteiger partial charge in [-0.1, -0.05) is 32.6 Å². The van der Waals surface area contributed by atoms with E-state index in [0.29, 0.717) is 0 Å². The Morgan fingerprint density at radius 3 is 1.93 bits per heavy atom. The van der Waals surface area contributed by atoms with E-state index in [-0.39, 0.29) is 32.7 Å². The second kappa shape index (κ2) is 15.8. The molecule has 0 nitrogen and oxygen atoms in total. The van der Waals surface area contributed by atoms with E-state index in [1.54, 1.807) is 0 Å². The minimum Gasteiger partial charge on any atom is -0.343 e. The van der Waals surface area contributed by atoms with Gasteiger partial charge < -0.3 is 6.92 Å². The predicted molar refractivity (Wildman–Crippen MR) is 59.4 cm³/mol. The Morgan fingerprint density at radius 1 is 1.00 bits per heavy atom. The summed E-state index contributed by atoms with van der Waals surface area (Å²) in [6, 6.07) is 12.5. The zero-order valence-corrected chi connectivity index (χ0v) is 12.0. The van der Waals surface area contributed by atoms with Crippen LogP contribution in [0.2, 0.25) is 0 Å². The molecular formula is C13H20Y-2. The van der Waals surface area contributed by atoms with Gasteiger partial charge in [-0.05, 0) is 0 Å². The quantitative estimate of drug-likeness (QED) is 0.563. The summed E-state index contributed by atoms with van der Waals surface area (Å²) in [6.07, 6.45) is 6.52. The van der Waals surface area contributed by atoms with Gasteiger partial charge in [0, 0.05) is 32.7 Å². The number of rotatable bonds is 4. The Labute approximate surface area is 114 Å². The Hall–Kier alpha value is 0.324. The van der Waals surface area contributed by atoms with Gasteiger partial charge in [0.1, 0.15) is 0 Å².